The van der Waals surface area contributed by atoms with Crippen LogP contribution < -0.4 is 10.6 Å². The van der Waals surface area contributed by atoms with Crippen molar-refractivity contribution in [3.8, 4) is 0 Å². The smallest absolute Gasteiger partial charge is 0.243 e. The Morgan fingerprint density at radius 2 is 1.97 bits per heavy atom. The van der Waals surface area contributed by atoms with Crippen LogP contribution in [0.1, 0.15) is 46.5 Å². The number of aliphatic hydroxyl groups is 1. The van der Waals surface area contributed by atoms with Crippen molar-refractivity contribution in [2.24, 2.45) is 17.8 Å². The van der Waals surface area contributed by atoms with Crippen LogP contribution in [-0.2, 0) is 4.79 Å². The minimum absolute atomic E-state index is 0.300. The van der Waals surface area contributed by atoms with Gasteiger partial charge in [-0.2, -0.15) is 0 Å². The van der Waals surface area contributed by atoms with Gasteiger partial charge < -0.3 is 15.7 Å². The van der Waals surface area contributed by atoms with Gasteiger partial charge in [0.15, 0.2) is 5.81 Å². The van der Waals surface area contributed by atoms with E-state index in [4.69, 9.17) is 7.85 Å². The van der Waals surface area contributed by atoms with E-state index in [1.807, 2.05) is 37.3 Å². The predicted octanol–water partition coefficient (Wildman–Crippen LogP) is 3.90. The Labute approximate surface area is 202 Å². The van der Waals surface area contributed by atoms with E-state index in [2.05, 4.69) is 29.5 Å². The summed E-state index contributed by atoms with van der Waals surface area (Å²) in [6, 6.07) is 8.54. The highest BCUT2D eigenvalue weighted by molar-refractivity contribution is 7.99. The van der Waals surface area contributed by atoms with Crippen molar-refractivity contribution in [1.82, 2.24) is 15.6 Å². The molecule has 6 atom stereocenters. The lowest BCUT2D eigenvalue weighted by atomic mass is 9.89. The maximum atomic E-state index is 13.1. The summed E-state index contributed by atoms with van der Waals surface area (Å²) in [5.41, 5.74) is 0.852. The molecular weight excluding hydrogens is 433 g/mol. The van der Waals surface area contributed by atoms with Crippen LogP contribution in [0.2, 0.25) is 0 Å². The molecule has 3 N–H and O–H groups in total. The molecule has 1 aliphatic carbocycles. The number of benzene rings is 1. The zero-order valence-corrected chi connectivity index (χ0v) is 20.5. The van der Waals surface area contributed by atoms with Gasteiger partial charge in [0, 0.05) is 22.2 Å². The third kappa shape index (κ3) is 6.96. The second-order valence-electron chi connectivity index (χ2n) is 9.34. The molecular formula is C25H34BN3O3S. The largest absolute Gasteiger partial charge is 0.391 e. The summed E-state index contributed by atoms with van der Waals surface area (Å²) < 4.78 is 0. The van der Waals surface area contributed by atoms with Gasteiger partial charge in [-0.1, -0.05) is 39.0 Å². The van der Waals surface area contributed by atoms with Crippen LogP contribution in [-0.4, -0.2) is 53.6 Å². The first-order chi connectivity index (χ1) is 15.8. The average molecular weight is 467 g/mol. The maximum absolute atomic E-state index is 13.1. The molecule has 6 nitrogen and oxygen atoms in total. The van der Waals surface area contributed by atoms with Gasteiger partial charge in [-0.05, 0) is 55.6 Å². The first-order valence-corrected chi connectivity index (χ1v) is 12.8. The Morgan fingerprint density at radius 1 is 1.21 bits per heavy atom. The molecule has 0 spiro atoms. The minimum atomic E-state index is -0.821. The quantitative estimate of drug-likeness (QED) is 0.364. The van der Waals surface area contributed by atoms with Gasteiger partial charge in [0.1, 0.15) is 6.04 Å². The van der Waals surface area contributed by atoms with Crippen molar-refractivity contribution in [3.05, 3.63) is 36.5 Å². The molecule has 1 heterocycles. The normalized spacial score (nSPS) is 23.1. The molecule has 33 heavy (non-hydrogen) atoms. The summed E-state index contributed by atoms with van der Waals surface area (Å²) in [5, 5.41) is 17.4. The number of amides is 2. The minimum Gasteiger partial charge on any atom is -0.391 e. The summed E-state index contributed by atoms with van der Waals surface area (Å²) in [7, 11) is 5.35. The highest BCUT2D eigenvalue weighted by Gasteiger charge is 2.33. The second kappa shape index (κ2) is 11.9. The first-order valence-electron chi connectivity index (χ1n) is 11.8. The van der Waals surface area contributed by atoms with Crippen LogP contribution in [0.5, 0.6) is 0 Å². The van der Waals surface area contributed by atoms with Gasteiger partial charge in [-0.15, -0.1) is 11.8 Å². The van der Waals surface area contributed by atoms with E-state index < -0.39 is 18.0 Å². The Hall–Kier alpha value is -2.06. The fraction of sp³-hybridized carbons (Fsp3) is 0.560. The monoisotopic (exact) mass is 467 g/mol. The van der Waals surface area contributed by atoms with Crippen LogP contribution >= 0.6 is 11.8 Å². The van der Waals surface area contributed by atoms with Crippen molar-refractivity contribution < 1.29 is 14.7 Å². The van der Waals surface area contributed by atoms with E-state index in [-0.39, 0.29) is 11.9 Å². The van der Waals surface area contributed by atoms with Crippen LogP contribution in [0.15, 0.2) is 41.4 Å². The number of nitrogens with one attached hydrogen (secondary N) is 2. The fourth-order valence-corrected chi connectivity index (χ4v) is 6.01. The van der Waals surface area contributed by atoms with E-state index in [1.165, 1.54) is 18.2 Å². The molecule has 3 rings (SSSR count). The molecule has 1 fully saturated rings. The van der Waals surface area contributed by atoms with Crippen molar-refractivity contribution in [2.45, 2.75) is 69.5 Å². The number of hydrogen-bond donors (Lipinski definition) is 3. The van der Waals surface area contributed by atoms with Crippen LogP contribution in [0.4, 0.5) is 4.79 Å². The van der Waals surface area contributed by atoms with Crippen molar-refractivity contribution >= 4 is 42.2 Å². The topological polar surface area (TPSA) is 91.3 Å². The number of fused-ring (bicyclic) bond motifs is 1. The van der Waals surface area contributed by atoms with Crippen LogP contribution in [0.3, 0.4) is 0 Å². The number of nitrogens with zero attached hydrogens (tertiary/aromatic N) is 1. The number of carbonyl (C=O) groups excluding carboxylic acids is 2. The molecule has 1 aromatic carbocycles. The van der Waals surface area contributed by atoms with Gasteiger partial charge in [0.25, 0.3) is 0 Å². The number of aromatic nitrogens is 1. The van der Waals surface area contributed by atoms with E-state index in [1.54, 1.807) is 6.20 Å². The Balaban J connectivity index is 1.64. The van der Waals surface area contributed by atoms with Crippen molar-refractivity contribution in [1.29, 1.82) is 0 Å². The molecule has 0 aliphatic heterocycles. The molecule has 176 valence electrons. The van der Waals surface area contributed by atoms with Gasteiger partial charge in [0.05, 0.1) is 17.7 Å². The summed E-state index contributed by atoms with van der Waals surface area (Å²) in [6.45, 7) is 6.44. The zero-order chi connectivity index (χ0) is 24.0. The maximum Gasteiger partial charge on any atom is 0.243 e. The molecule has 8 heteroatoms. The number of rotatable bonds is 10. The van der Waals surface area contributed by atoms with E-state index in [0.717, 1.165) is 22.2 Å². The zero-order valence-electron chi connectivity index (χ0n) is 19.7. The number of carbonyl (C=O) groups is 2. The molecule has 2 amide bonds. The van der Waals surface area contributed by atoms with E-state index >= 15 is 0 Å². The number of hydrogen-bond acceptors (Lipinski definition) is 5. The molecule has 1 aromatic heterocycles. The number of para-hydroxylation sites is 1. The summed E-state index contributed by atoms with van der Waals surface area (Å²) >= 11 is 1.44. The van der Waals surface area contributed by atoms with Crippen molar-refractivity contribution in [2.75, 3.05) is 5.75 Å². The van der Waals surface area contributed by atoms with Gasteiger partial charge in [0.2, 0.25) is 13.8 Å². The molecule has 0 saturated heterocycles. The van der Waals surface area contributed by atoms with E-state index in [9.17, 15) is 14.7 Å². The van der Waals surface area contributed by atoms with Crippen LogP contribution in [0, 0.1) is 17.8 Å². The van der Waals surface area contributed by atoms with Gasteiger partial charge in [-0.3, -0.25) is 14.6 Å². The first kappa shape index (κ1) is 25.6. The molecule has 2 radical (unpaired) electrons. The number of pyridine rings is 1. The number of aliphatic hydroxyl groups excluding tert-OH is 1. The number of thioether (sulfide) groups is 1. The lowest BCUT2D eigenvalue weighted by Crippen LogP contribution is -2.53. The molecule has 1 aliphatic rings. The predicted molar refractivity (Wildman–Crippen MR) is 134 cm³/mol. The molecule has 3 unspecified atom stereocenters. The summed E-state index contributed by atoms with van der Waals surface area (Å²) in [5.74, 6) is 0.931. The Kier molecular flexibility index (Phi) is 9.21. The summed E-state index contributed by atoms with van der Waals surface area (Å²) in [4.78, 5) is 30.0. The van der Waals surface area contributed by atoms with E-state index in [0.29, 0.717) is 36.3 Å². The Morgan fingerprint density at radius 3 is 2.64 bits per heavy atom. The molecule has 0 bridgehead atoms. The SMILES string of the molecule is [B]C(=O)N[C@H](CSc1cccc2cccnc12)C(=O)N[C@@H](CC)[C@H](O)CC1CC(C)CC1C. The fourth-order valence-electron chi connectivity index (χ4n) is 4.95. The highest BCUT2D eigenvalue weighted by Crippen LogP contribution is 2.38. The molecule has 2 aromatic rings. The third-order valence-electron chi connectivity index (χ3n) is 6.69. The van der Waals surface area contributed by atoms with Gasteiger partial charge >= 0.3 is 0 Å². The average Bonchev–Trinajstić information content (AvgIpc) is 3.10. The van der Waals surface area contributed by atoms with Crippen molar-refractivity contribution in [3.63, 3.8) is 0 Å². The van der Waals surface area contributed by atoms with Gasteiger partial charge in [-0.25, -0.2) is 0 Å². The third-order valence-corrected chi connectivity index (χ3v) is 7.83. The standard InChI is InChI=1S/C25H34BN3O3S/c1-4-19(21(30)13-18-12-15(2)11-16(18)3)28-24(31)20(29-25(26)32)14-33-22-9-5-7-17-8-6-10-27-23(17)22/h5-10,15-16,18-21,30H,4,11-14H2,1-3H3,(H,28,31)(H,29,32)/t15?,16?,18?,19-,20+,21+/m0/s1. The lowest BCUT2D eigenvalue weighted by Gasteiger charge is -2.28. The van der Waals surface area contributed by atoms with Crippen LogP contribution in [0.25, 0.3) is 10.9 Å². The second-order valence-corrected chi connectivity index (χ2v) is 10.4. The Bertz CT molecular complexity index is 954. The lowest BCUT2D eigenvalue weighted by molar-refractivity contribution is -0.124. The highest BCUT2D eigenvalue weighted by atomic mass is 32.2. The summed E-state index contributed by atoms with van der Waals surface area (Å²) in [6.07, 6.45) is 4.69. The molecule has 1 saturated carbocycles.